The van der Waals surface area contributed by atoms with E-state index in [1.807, 2.05) is 0 Å². The number of nitrogens with one attached hydrogen (secondary N) is 1. The Morgan fingerprint density at radius 3 is 2.47 bits per heavy atom. The maximum atomic E-state index is 11.9. The molecular weight excluding hydrogens is 274 g/mol. The minimum absolute atomic E-state index is 0.0897. The maximum Gasteiger partial charge on any atom is 0.422 e. The van der Waals surface area contributed by atoms with E-state index >= 15 is 0 Å². The Hall–Kier alpha value is -1.35. The molecule has 1 aliphatic carbocycles. The summed E-state index contributed by atoms with van der Waals surface area (Å²) >= 11 is 0. The molecule has 2 fully saturated rings. The zero-order valence-corrected chi connectivity index (χ0v) is 11.6. The molecule has 0 aromatic carbocycles. The molecule has 1 saturated carbocycles. The Bertz CT molecular complexity index is 503. The monoisotopic (exact) mass is 291 g/mol. The highest BCUT2D eigenvalue weighted by Gasteiger charge is 2.51. The number of amides is 2. The van der Waals surface area contributed by atoms with E-state index in [9.17, 15) is 18.0 Å². The van der Waals surface area contributed by atoms with Crippen molar-refractivity contribution < 1.29 is 23.1 Å². The highest BCUT2D eigenvalue weighted by Crippen LogP contribution is 2.34. The second kappa shape index (κ2) is 4.64. The van der Waals surface area contributed by atoms with Gasteiger partial charge < -0.3 is 10.0 Å². The van der Waals surface area contributed by atoms with Crippen LogP contribution in [0.1, 0.15) is 19.3 Å². The third kappa shape index (κ3) is 2.39. The third-order valence-corrected chi connectivity index (χ3v) is 5.20. The smallest absolute Gasteiger partial charge is 0.422 e. The van der Waals surface area contributed by atoms with Crippen LogP contribution in [0.4, 0.5) is 4.79 Å². The highest BCUT2D eigenvalue weighted by atomic mass is 32.2. The molecular formula is C10H17N3O5S. The topological polar surface area (TPSA) is 107 Å². The van der Waals surface area contributed by atoms with Gasteiger partial charge in [0.25, 0.3) is 0 Å². The van der Waals surface area contributed by atoms with Crippen molar-refractivity contribution in [2.45, 2.75) is 31.3 Å². The standard InChI is InChI=1S/C10H17N3O5S/c1-12(2)9(14)6-3-4-7-8(5-6)13(10(15)16)19(17,18)11-7/h6-8,11H,3-5H2,1-2H3,(H,15,16)/t6-,7-,8+/m0/s1. The van der Waals surface area contributed by atoms with Crippen LogP contribution in [-0.4, -0.2) is 60.9 Å². The van der Waals surface area contributed by atoms with E-state index in [-0.39, 0.29) is 18.2 Å². The number of rotatable bonds is 1. The molecule has 1 saturated heterocycles. The van der Waals surface area contributed by atoms with Crippen molar-refractivity contribution in [1.29, 1.82) is 0 Å². The van der Waals surface area contributed by atoms with Gasteiger partial charge >= 0.3 is 16.3 Å². The first-order chi connectivity index (χ1) is 8.74. The first kappa shape index (κ1) is 14.1. The van der Waals surface area contributed by atoms with Gasteiger partial charge in [0.1, 0.15) is 0 Å². The van der Waals surface area contributed by atoms with Crippen LogP contribution in [0, 0.1) is 5.92 Å². The molecule has 19 heavy (non-hydrogen) atoms. The predicted octanol–water partition coefficient (Wildman–Crippen LogP) is -0.560. The molecule has 0 radical (unpaired) electrons. The molecule has 2 aliphatic rings. The van der Waals surface area contributed by atoms with Crippen LogP contribution in [0.3, 0.4) is 0 Å². The SMILES string of the molecule is CN(C)C(=O)[C@H]1CC[C@@H]2NS(=O)(=O)N(C(=O)O)[C@@H]2C1. The molecule has 3 atom stereocenters. The van der Waals surface area contributed by atoms with E-state index in [0.29, 0.717) is 17.1 Å². The molecule has 0 aromatic heterocycles. The molecule has 2 amide bonds. The summed E-state index contributed by atoms with van der Waals surface area (Å²) in [5.41, 5.74) is 0. The van der Waals surface area contributed by atoms with E-state index in [1.165, 1.54) is 4.90 Å². The van der Waals surface area contributed by atoms with Crippen LogP contribution in [0.25, 0.3) is 0 Å². The van der Waals surface area contributed by atoms with Gasteiger partial charge in [-0.2, -0.15) is 17.4 Å². The molecule has 108 valence electrons. The van der Waals surface area contributed by atoms with Crippen molar-refractivity contribution >= 4 is 22.2 Å². The minimum Gasteiger partial charge on any atom is -0.464 e. The summed E-state index contributed by atoms with van der Waals surface area (Å²) in [6, 6.07) is -1.11. The van der Waals surface area contributed by atoms with Crippen molar-refractivity contribution in [2.75, 3.05) is 14.1 Å². The van der Waals surface area contributed by atoms with Gasteiger partial charge in [-0.3, -0.25) is 4.79 Å². The molecule has 2 N–H and O–H groups in total. The summed E-state index contributed by atoms with van der Waals surface area (Å²) in [6.45, 7) is 0. The van der Waals surface area contributed by atoms with Crippen LogP contribution >= 0.6 is 0 Å². The first-order valence-corrected chi connectivity index (χ1v) is 7.44. The number of carbonyl (C=O) groups excluding carboxylic acids is 1. The molecule has 8 nitrogen and oxygen atoms in total. The molecule has 0 bridgehead atoms. The zero-order chi connectivity index (χ0) is 14.4. The lowest BCUT2D eigenvalue weighted by atomic mass is 9.82. The molecule has 1 aliphatic heterocycles. The zero-order valence-electron chi connectivity index (χ0n) is 10.7. The Balaban J connectivity index is 2.22. The number of hydrogen-bond donors (Lipinski definition) is 2. The molecule has 9 heteroatoms. The van der Waals surface area contributed by atoms with Crippen molar-refractivity contribution in [3.05, 3.63) is 0 Å². The summed E-state index contributed by atoms with van der Waals surface area (Å²) in [4.78, 5) is 24.5. The van der Waals surface area contributed by atoms with Crippen LogP contribution in [-0.2, 0) is 15.0 Å². The van der Waals surface area contributed by atoms with Crippen LogP contribution < -0.4 is 4.72 Å². The predicted molar refractivity (Wildman–Crippen MR) is 65.5 cm³/mol. The van der Waals surface area contributed by atoms with Gasteiger partial charge in [0.05, 0.1) is 6.04 Å². The van der Waals surface area contributed by atoms with E-state index in [4.69, 9.17) is 5.11 Å². The summed E-state index contributed by atoms with van der Waals surface area (Å²) in [5, 5.41) is 9.03. The largest absolute Gasteiger partial charge is 0.464 e. The third-order valence-electron chi connectivity index (χ3n) is 3.66. The normalized spacial score (nSPS) is 32.7. The van der Waals surface area contributed by atoms with E-state index < -0.39 is 28.4 Å². The number of nitrogens with zero attached hydrogens (tertiary/aromatic N) is 2. The number of fused-ring (bicyclic) bond motifs is 1. The highest BCUT2D eigenvalue weighted by molar-refractivity contribution is 7.88. The van der Waals surface area contributed by atoms with Gasteiger partial charge in [0.15, 0.2) is 0 Å². The Labute approximate surface area is 111 Å². The lowest BCUT2D eigenvalue weighted by Gasteiger charge is -2.32. The van der Waals surface area contributed by atoms with Crippen LogP contribution in [0.15, 0.2) is 0 Å². The van der Waals surface area contributed by atoms with E-state index in [1.54, 1.807) is 14.1 Å². The lowest BCUT2D eigenvalue weighted by molar-refractivity contribution is -0.134. The molecule has 0 aromatic rings. The summed E-state index contributed by atoms with van der Waals surface area (Å²) < 4.78 is 26.2. The minimum atomic E-state index is -3.98. The Morgan fingerprint density at radius 1 is 1.32 bits per heavy atom. The summed E-state index contributed by atoms with van der Waals surface area (Å²) in [7, 11) is -0.715. The maximum absolute atomic E-state index is 11.9. The van der Waals surface area contributed by atoms with Gasteiger partial charge in [-0.15, -0.1) is 0 Å². The number of carbonyl (C=O) groups is 2. The van der Waals surface area contributed by atoms with E-state index in [2.05, 4.69) is 4.72 Å². The molecule has 0 spiro atoms. The molecule has 2 rings (SSSR count). The summed E-state index contributed by atoms with van der Waals surface area (Å²) in [6.07, 6.45) is -0.232. The van der Waals surface area contributed by atoms with Gasteiger partial charge in [-0.25, -0.2) is 4.79 Å². The van der Waals surface area contributed by atoms with Crippen molar-refractivity contribution in [3.8, 4) is 0 Å². The molecule has 1 heterocycles. The van der Waals surface area contributed by atoms with Crippen LogP contribution in [0.2, 0.25) is 0 Å². The van der Waals surface area contributed by atoms with Gasteiger partial charge in [-0.05, 0) is 19.3 Å². The van der Waals surface area contributed by atoms with Gasteiger partial charge in [-0.1, -0.05) is 0 Å². The number of carboxylic acid groups (broad SMARTS) is 1. The average Bonchev–Trinajstić information content (AvgIpc) is 2.56. The average molecular weight is 291 g/mol. The van der Waals surface area contributed by atoms with Gasteiger partial charge in [0, 0.05) is 26.1 Å². The fourth-order valence-electron chi connectivity index (χ4n) is 2.80. The van der Waals surface area contributed by atoms with Gasteiger partial charge in [0.2, 0.25) is 5.91 Å². The Morgan fingerprint density at radius 2 is 1.95 bits per heavy atom. The quantitative estimate of drug-likeness (QED) is 0.673. The fourth-order valence-corrected chi connectivity index (χ4v) is 4.37. The Kier molecular flexibility index (Phi) is 3.43. The first-order valence-electron chi connectivity index (χ1n) is 6.00. The van der Waals surface area contributed by atoms with E-state index in [0.717, 1.165) is 0 Å². The molecule has 0 unspecified atom stereocenters. The number of hydrogen-bond acceptors (Lipinski definition) is 4. The lowest BCUT2D eigenvalue weighted by Crippen LogP contribution is -2.46. The second-order valence-electron chi connectivity index (χ2n) is 5.12. The fraction of sp³-hybridized carbons (Fsp3) is 0.800. The second-order valence-corrected chi connectivity index (χ2v) is 6.70. The van der Waals surface area contributed by atoms with Crippen molar-refractivity contribution in [2.24, 2.45) is 5.92 Å². The van der Waals surface area contributed by atoms with Crippen molar-refractivity contribution in [1.82, 2.24) is 13.9 Å². The van der Waals surface area contributed by atoms with Crippen LogP contribution in [0.5, 0.6) is 0 Å². The summed E-state index contributed by atoms with van der Waals surface area (Å²) in [5.74, 6) is -0.415. The van der Waals surface area contributed by atoms with Crippen molar-refractivity contribution in [3.63, 3.8) is 0 Å².